The SMILES string of the molecule is COc1ccc(N([C@H](C)C(=O)NCCOc2ccc(C)cc2)S(C)(=O)=O)cc1. The Bertz CT molecular complexity index is 880. The lowest BCUT2D eigenvalue weighted by molar-refractivity contribution is -0.121. The Morgan fingerprint density at radius 1 is 1.07 bits per heavy atom. The summed E-state index contributed by atoms with van der Waals surface area (Å²) in [6.45, 7) is 4.07. The molecular formula is C20H26N2O5S. The fourth-order valence-electron chi connectivity index (χ4n) is 2.66. The highest BCUT2D eigenvalue weighted by molar-refractivity contribution is 7.92. The van der Waals surface area contributed by atoms with Gasteiger partial charge in [0.25, 0.3) is 0 Å². The van der Waals surface area contributed by atoms with Gasteiger partial charge in [0.05, 0.1) is 25.6 Å². The van der Waals surface area contributed by atoms with Crippen molar-refractivity contribution in [2.75, 3.05) is 30.8 Å². The molecule has 0 saturated heterocycles. The van der Waals surface area contributed by atoms with Crippen LogP contribution in [0.3, 0.4) is 0 Å². The van der Waals surface area contributed by atoms with Gasteiger partial charge in [0, 0.05) is 0 Å². The van der Waals surface area contributed by atoms with Crippen molar-refractivity contribution in [3.05, 3.63) is 54.1 Å². The second kappa shape index (κ2) is 9.45. The third-order valence-corrected chi connectivity index (χ3v) is 5.35. The van der Waals surface area contributed by atoms with Crippen LogP contribution in [0.15, 0.2) is 48.5 Å². The monoisotopic (exact) mass is 406 g/mol. The van der Waals surface area contributed by atoms with Crippen LogP contribution in [-0.4, -0.2) is 46.9 Å². The Kier molecular flexibility index (Phi) is 7.28. The third-order valence-electron chi connectivity index (χ3n) is 4.11. The normalized spacial score (nSPS) is 12.1. The molecule has 0 aliphatic rings. The molecule has 7 nitrogen and oxygen atoms in total. The molecule has 0 heterocycles. The number of nitrogens with zero attached hydrogens (tertiary/aromatic N) is 1. The van der Waals surface area contributed by atoms with Gasteiger partial charge in [0.15, 0.2) is 0 Å². The third kappa shape index (κ3) is 5.88. The number of carbonyl (C=O) groups excluding carboxylic acids is 1. The molecule has 0 aliphatic carbocycles. The molecule has 2 aromatic rings. The minimum absolute atomic E-state index is 0.261. The molecular weight excluding hydrogens is 380 g/mol. The van der Waals surface area contributed by atoms with E-state index in [-0.39, 0.29) is 13.2 Å². The number of amides is 1. The van der Waals surface area contributed by atoms with Crippen LogP contribution in [0.25, 0.3) is 0 Å². The molecule has 0 saturated carbocycles. The summed E-state index contributed by atoms with van der Waals surface area (Å²) in [5.41, 5.74) is 1.52. The summed E-state index contributed by atoms with van der Waals surface area (Å²) in [5.74, 6) is 0.903. The van der Waals surface area contributed by atoms with Crippen LogP contribution in [0.1, 0.15) is 12.5 Å². The molecule has 0 unspecified atom stereocenters. The molecule has 0 aliphatic heterocycles. The molecule has 2 rings (SSSR count). The van der Waals surface area contributed by atoms with E-state index in [2.05, 4.69) is 5.32 Å². The molecule has 28 heavy (non-hydrogen) atoms. The highest BCUT2D eigenvalue weighted by atomic mass is 32.2. The molecule has 0 radical (unpaired) electrons. The first-order valence-electron chi connectivity index (χ1n) is 8.83. The zero-order valence-corrected chi connectivity index (χ0v) is 17.3. The number of hydrogen-bond donors (Lipinski definition) is 1. The number of methoxy groups -OCH3 is 1. The lowest BCUT2D eigenvalue weighted by atomic mass is 10.2. The van der Waals surface area contributed by atoms with Gasteiger partial charge in [-0.2, -0.15) is 0 Å². The van der Waals surface area contributed by atoms with E-state index in [0.717, 1.165) is 16.1 Å². The smallest absolute Gasteiger partial charge is 0.243 e. The summed E-state index contributed by atoms with van der Waals surface area (Å²) >= 11 is 0. The van der Waals surface area contributed by atoms with Crippen LogP contribution in [0.4, 0.5) is 5.69 Å². The van der Waals surface area contributed by atoms with Crippen LogP contribution < -0.4 is 19.1 Å². The van der Waals surface area contributed by atoms with Crippen LogP contribution >= 0.6 is 0 Å². The summed E-state index contributed by atoms with van der Waals surface area (Å²) in [6, 6.07) is 13.2. The molecule has 0 aromatic heterocycles. The topological polar surface area (TPSA) is 84.9 Å². The number of sulfonamides is 1. The first kappa shape index (κ1) is 21.6. The van der Waals surface area contributed by atoms with Gasteiger partial charge in [-0.25, -0.2) is 8.42 Å². The van der Waals surface area contributed by atoms with Crippen molar-refractivity contribution in [2.45, 2.75) is 19.9 Å². The Hall–Kier alpha value is -2.74. The maximum absolute atomic E-state index is 12.5. The standard InChI is InChI=1S/C20H26N2O5S/c1-15-5-9-19(10-6-15)27-14-13-21-20(23)16(2)22(28(4,24)25)17-7-11-18(26-3)12-8-17/h5-12,16H,13-14H2,1-4H3,(H,21,23)/t16-/m1/s1. The number of benzene rings is 2. The second-order valence-corrected chi connectivity index (χ2v) is 8.24. The fraction of sp³-hybridized carbons (Fsp3) is 0.350. The number of aryl methyl sites for hydroxylation is 1. The van der Waals surface area contributed by atoms with Crippen molar-refractivity contribution in [3.63, 3.8) is 0 Å². The van der Waals surface area contributed by atoms with E-state index in [4.69, 9.17) is 9.47 Å². The zero-order chi connectivity index (χ0) is 20.7. The van der Waals surface area contributed by atoms with E-state index < -0.39 is 22.0 Å². The fourth-order valence-corrected chi connectivity index (χ4v) is 3.84. The van der Waals surface area contributed by atoms with Gasteiger partial charge >= 0.3 is 0 Å². The van der Waals surface area contributed by atoms with Crippen molar-refractivity contribution < 1.29 is 22.7 Å². The van der Waals surface area contributed by atoms with Gasteiger partial charge in [0.1, 0.15) is 24.1 Å². The van der Waals surface area contributed by atoms with Crippen molar-refractivity contribution >= 4 is 21.6 Å². The quantitative estimate of drug-likeness (QED) is 0.646. The van der Waals surface area contributed by atoms with Crippen molar-refractivity contribution in [3.8, 4) is 11.5 Å². The predicted octanol–water partition coefficient (Wildman–Crippen LogP) is 2.35. The average molecular weight is 407 g/mol. The molecule has 2 aromatic carbocycles. The molecule has 0 fully saturated rings. The van der Waals surface area contributed by atoms with Gasteiger partial charge in [-0.05, 0) is 50.2 Å². The molecule has 152 valence electrons. The number of carbonyl (C=O) groups is 1. The number of nitrogens with one attached hydrogen (secondary N) is 1. The van der Waals surface area contributed by atoms with Crippen LogP contribution in [-0.2, 0) is 14.8 Å². The molecule has 1 amide bonds. The van der Waals surface area contributed by atoms with Crippen LogP contribution in [0.2, 0.25) is 0 Å². The maximum Gasteiger partial charge on any atom is 0.243 e. The van der Waals surface area contributed by atoms with E-state index >= 15 is 0 Å². The van der Waals surface area contributed by atoms with Gasteiger partial charge in [0.2, 0.25) is 15.9 Å². The summed E-state index contributed by atoms with van der Waals surface area (Å²) in [5, 5.41) is 2.71. The average Bonchev–Trinajstić information content (AvgIpc) is 2.66. The van der Waals surface area contributed by atoms with Gasteiger partial charge in [-0.3, -0.25) is 9.10 Å². The number of rotatable bonds is 9. The van der Waals surface area contributed by atoms with Crippen LogP contribution in [0.5, 0.6) is 11.5 Å². The van der Waals surface area contributed by atoms with E-state index in [0.29, 0.717) is 17.2 Å². The summed E-state index contributed by atoms with van der Waals surface area (Å²) in [6.07, 6.45) is 1.07. The first-order valence-corrected chi connectivity index (χ1v) is 10.7. The maximum atomic E-state index is 12.5. The Morgan fingerprint density at radius 3 is 2.18 bits per heavy atom. The minimum Gasteiger partial charge on any atom is -0.497 e. The van der Waals surface area contributed by atoms with Crippen molar-refractivity contribution in [2.24, 2.45) is 0 Å². The number of anilines is 1. The molecule has 1 N–H and O–H groups in total. The highest BCUT2D eigenvalue weighted by Crippen LogP contribution is 2.23. The van der Waals surface area contributed by atoms with E-state index in [1.165, 1.54) is 7.11 Å². The largest absolute Gasteiger partial charge is 0.497 e. The van der Waals surface area contributed by atoms with E-state index in [1.54, 1.807) is 31.2 Å². The van der Waals surface area contributed by atoms with Gasteiger partial charge in [-0.15, -0.1) is 0 Å². The number of ether oxygens (including phenoxy) is 2. The summed E-state index contributed by atoms with van der Waals surface area (Å²) < 4.78 is 36.3. The molecule has 0 bridgehead atoms. The Morgan fingerprint density at radius 2 is 1.64 bits per heavy atom. The molecule has 8 heteroatoms. The summed E-state index contributed by atoms with van der Waals surface area (Å²) in [4.78, 5) is 12.5. The second-order valence-electron chi connectivity index (χ2n) is 6.39. The summed E-state index contributed by atoms with van der Waals surface area (Å²) in [7, 11) is -2.13. The van der Waals surface area contributed by atoms with E-state index in [1.807, 2.05) is 31.2 Å². The lowest BCUT2D eigenvalue weighted by Crippen LogP contribution is -2.48. The van der Waals surface area contributed by atoms with Crippen LogP contribution in [0, 0.1) is 6.92 Å². The Labute approximate surface area is 166 Å². The van der Waals surface area contributed by atoms with Gasteiger partial charge in [-0.1, -0.05) is 17.7 Å². The lowest BCUT2D eigenvalue weighted by Gasteiger charge is -2.28. The highest BCUT2D eigenvalue weighted by Gasteiger charge is 2.28. The molecule has 1 atom stereocenters. The van der Waals surface area contributed by atoms with Gasteiger partial charge < -0.3 is 14.8 Å². The Balaban J connectivity index is 1.97. The van der Waals surface area contributed by atoms with E-state index in [9.17, 15) is 13.2 Å². The molecule has 0 spiro atoms. The van der Waals surface area contributed by atoms with Crippen molar-refractivity contribution in [1.82, 2.24) is 5.32 Å². The first-order chi connectivity index (χ1) is 13.2. The predicted molar refractivity (Wildman–Crippen MR) is 109 cm³/mol. The minimum atomic E-state index is -3.66. The van der Waals surface area contributed by atoms with Crippen molar-refractivity contribution in [1.29, 1.82) is 0 Å². The number of hydrogen-bond acceptors (Lipinski definition) is 5. The zero-order valence-electron chi connectivity index (χ0n) is 16.5.